The van der Waals surface area contributed by atoms with Gasteiger partial charge in [-0.2, -0.15) is 0 Å². The fraction of sp³-hybridized carbons (Fsp3) is 0.889. The Morgan fingerprint density at radius 2 is 1.93 bits per heavy atom. The lowest BCUT2D eigenvalue weighted by molar-refractivity contribution is -0.119. The average Bonchev–Trinajstić information content (AvgIpc) is 2.12. The number of rotatable bonds is 7. The highest BCUT2D eigenvalue weighted by molar-refractivity contribution is 7.92. The van der Waals surface area contributed by atoms with Crippen LogP contribution < -0.4 is 0 Å². The van der Waals surface area contributed by atoms with E-state index in [-0.39, 0.29) is 29.0 Å². The lowest BCUT2D eigenvalue weighted by atomic mass is 10.1. The maximum atomic E-state index is 11.4. The summed E-state index contributed by atoms with van der Waals surface area (Å²) < 4.78 is 32.9. The highest BCUT2D eigenvalue weighted by atomic mass is 32.2. The Hall–Kier alpha value is -0.230. The van der Waals surface area contributed by atoms with Crippen LogP contribution in [-0.2, 0) is 25.4 Å². The first-order chi connectivity index (χ1) is 6.76. The van der Waals surface area contributed by atoms with Gasteiger partial charge in [-0.05, 0) is 6.42 Å². The van der Waals surface area contributed by atoms with Crippen LogP contribution in [-0.4, -0.2) is 41.9 Å². The van der Waals surface area contributed by atoms with Gasteiger partial charge in [0.1, 0.15) is 15.6 Å². The normalized spacial score (nSPS) is 15.9. The van der Waals surface area contributed by atoms with Crippen molar-refractivity contribution in [3.05, 3.63) is 0 Å². The predicted octanol–water partition coefficient (Wildman–Crippen LogP) is 0.395. The Morgan fingerprint density at radius 3 is 2.33 bits per heavy atom. The minimum atomic E-state index is -3.09. The van der Waals surface area contributed by atoms with Crippen LogP contribution in [0.25, 0.3) is 0 Å². The van der Waals surface area contributed by atoms with Gasteiger partial charge < -0.3 is 0 Å². The van der Waals surface area contributed by atoms with Crippen molar-refractivity contribution in [1.29, 1.82) is 0 Å². The van der Waals surface area contributed by atoms with Gasteiger partial charge in [0.25, 0.3) is 0 Å². The van der Waals surface area contributed by atoms with Gasteiger partial charge in [-0.15, -0.1) is 0 Å². The van der Waals surface area contributed by atoms with Gasteiger partial charge in [0.05, 0.1) is 11.5 Å². The third kappa shape index (κ3) is 7.67. The monoisotopic (exact) mass is 254 g/mol. The van der Waals surface area contributed by atoms with Gasteiger partial charge in [0, 0.05) is 28.7 Å². The molecule has 0 N–H and O–H groups in total. The molecule has 0 saturated heterocycles. The zero-order valence-corrected chi connectivity index (χ0v) is 11.0. The van der Waals surface area contributed by atoms with Crippen molar-refractivity contribution in [1.82, 2.24) is 0 Å². The molecule has 0 spiro atoms. The topological polar surface area (TPSA) is 68.3 Å². The van der Waals surface area contributed by atoms with E-state index >= 15 is 0 Å². The van der Waals surface area contributed by atoms with Crippen LogP contribution in [0.3, 0.4) is 0 Å². The first-order valence-corrected chi connectivity index (χ1v) is 8.36. The van der Waals surface area contributed by atoms with Gasteiger partial charge in [0.2, 0.25) is 0 Å². The van der Waals surface area contributed by atoms with Crippen LogP contribution in [0.4, 0.5) is 0 Å². The third-order valence-corrected chi connectivity index (χ3v) is 4.62. The molecule has 0 heterocycles. The third-order valence-electron chi connectivity index (χ3n) is 2.15. The number of Topliss-reactive ketones (excluding diaryl/α,β-unsaturated/α-hetero) is 1. The van der Waals surface area contributed by atoms with Gasteiger partial charge >= 0.3 is 0 Å². The Kier molecular flexibility index (Phi) is 6.28. The molecule has 0 aliphatic carbocycles. The summed E-state index contributed by atoms with van der Waals surface area (Å²) in [5.41, 5.74) is 0. The van der Waals surface area contributed by atoms with Crippen LogP contribution in [0.1, 0.15) is 20.3 Å². The Bertz CT molecular complexity index is 332. The van der Waals surface area contributed by atoms with E-state index in [2.05, 4.69) is 0 Å². The molecule has 0 radical (unpaired) electrons. The molecule has 0 fully saturated rings. The number of carbonyl (C=O) groups excluding carboxylic acids is 1. The van der Waals surface area contributed by atoms with E-state index in [1.165, 1.54) is 0 Å². The molecule has 0 aromatic carbocycles. The van der Waals surface area contributed by atoms with E-state index in [1.807, 2.05) is 6.92 Å². The fourth-order valence-corrected chi connectivity index (χ4v) is 3.55. The number of hydrogen-bond acceptors (Lipinski definition) is 4. The molecule has 2 atom stereocenters. The number of carbonyl (C=O) groups is 1. The van der Waals surface area contributed by atoms with Crippen molar-refractivity contribution in [2.45, 2.75) is 20.3 Å². The first-order valence-electron chi connectivity index (χ1n) is 4.81. The summed E-state index contributed by atoms with van der Waals surface area (Å²) in [6, 6.07) is 0. The molecule has 0 rings (SSSR count). The molecule has 90 valence electrons. The molecule has 0 aromatic heterocycles. The zero-order chi connectivity index (χ0) is 12.1. The van der Waals surface area contributed by atoms with Crippen LogP contribution >= 0.6 is 0 Å². The van der Waals surface area contributed by atoms with Crippen LogP contribution in [0.5, 0.6) is 0 Å². The highest BCUT2D eigenvalue weighted by Gasteiger charge is 2.15. The second-order valence-corrected chi connectivity index (χ2v) is 7.53. The van der Waals surface area contributed by atoms with E-state index in [0.717, 1.165) is 12.7 Å². The van der Waals surface area contributed by atoms with Gasteiger partial charge in [0.15, 0.2) is 0 Å². The molecule has 15 heavy (non-hydrogen) atoms. The molecule has 0 aliphatic rings. The number of ketones is 1. The standard InChI is InChI=1S/C9H18O4S2/c1-4-8(2)9(10)7-14(11)5-6-15(3,12)13/h8H,4-7H2,1-3H3. The van der Waals surface area contributed by atoms with Crippen molar-refractivity contribution in [3.8, 4) is 0 Å². The molecule has 0 amide bonds. The summed E-state index contributed by atoms with van der Waals surface area (Å²) in [4.78, 5) is 11.4. The van der Waals surface area contributed by atoms with Crippen molar-refractivity contribution in [2.75, 3.05) is 23.5 Å². The average molecular weight is 254 g/mol. The zero-order valence-electron chi connectivity index (χ0n) is 9.36. The van der Waals surface area contributed by atoms with Gasteiger partial charge in [-0.1, -0.05) is 13.8 Å². The largest absolute Gasteiger partial charge is 0.298 e. The Labute approximate surface area is 93.8 Å². The van der Waals surface area contributed by atoms with E-state index in [1.54, 1.807) is 6.92 Å². The molecule has 0 saturated carbocycles. The molecule has 2 unspecified atom stereocenters. The minimum Gasteiger partial charge on any atom is -0.298 e. The summed E-state index contributed by atoms with van der Waals surface area (Å²) in [6.07, 6.45) is 1.82. The summed E-state index contributed by atoms with van der Waals surface area (Å²) >= 11 is 0. The van der Waals surface area contributed by atoms with E-state index in [0.29, 0.717) is 0 Å². The number of hydrogen-bond donors (Lipinski definition) is 0. The summed E-state index contributed by atoms with van der Waals surface area (Å²) in [7, 11) is -4.43. The minimum absolute atomic E-state index is 0.0233. The second kappa shape index (κ2) is 6.37. The smallest absolute Gasteiger partial charge is 0.148 e. The molecule has 0 aromatic rings. The predicted molar refractivity (Wildman–Crippen MR) is 62.0 cm³/mol. The summed E-state index contributed by atoms with van der Waals surface area (Å²) in [5, 5.41) is 0. The Morgan fingerprint density at radius 1 is 1.40 bits per heavy atom. The maximum Gasteiger partial charge on any atom is 0.148 e. The van der Waals surface area contributed by atoms with Crippen molar-refractivity contribution >= 4 is 26.4 Å². The van der Waals surface area contributed by atoms with Crippen LogP contribution in [0, 0.1) is 5.92 Å². The molecule has 0 bridgehead atoms. The molecule has 0 aliphatic heterocycles. The lowest BCUT2D eigenvalue weighted by Crippen LogP contribution is -2.22. The molecular formula is C9H18O4S2. The molecule has 4 nitrogen and oxygen atoms in total. The SMILES string of the molecule is CCC(C)C(=O)CS(=O)CCS(C)(=O)=O. The molecule has 6 heteroatoms. The summed E-state index contributed by atoms with van der Waals surface area (Å²) in [5.74, 6) is -0.227. The highest BCUT2D eigenvalue weighted by Crippen LogP contribution is 2.03. The Balaban J connectivity index is 4.00. The maximum absolute atomic E-state index is 11.4. The lowest BCUT2D eigenvalue weighted by Gasteiger charge is -2.06. The fourth-order valence-electron chi connectivity index (χ4n) is 0.845. The van der Waals surface area contributed by atoms with E-state index in [9.17, 15) is 17.4 Å². The van der Waals surface area contributed by atoms with Crippen molar-refractivity contribution in [3.63, 3.8) is 0 Å². The number of sulfone groups is 1. The quantitative estimate of drug-likeness (QED) is 0.659. The van der Waals surface area contributed by atoms with Crippen molar-refractivity contribution < 1.29 is 17.4 Å². The van der Waals surface area contributed by atoms with Crippen LogP contribution in [0.2, 0.25) is 0 Å². The van der Waals surface area contributed by atoms with E-state index < -0.39 is 20.6 Å². The van der Waals surface area contributed by atoms with Crippen LogP contribution in [0.15, 0.2) is 0 Å². The first kappa shape index (κ1) is 14.8. The van der Waals surface area contributed by atoms with Crippen molar-refractivity contribution in [2.24, 2.45) is 5.92 Å². The summed E-state index contributed by atoms with van der Waals surface area (Å²) in [6.45, 7) is 3.68. The second-order valence-electron chi connectivity index (χ2n) is 3.69. The molecular weight excluding hydrogens is 236 g/mol. The van der Waals surface area contributed by atoms with E-state index in [4.69, 9.17) is 0 Å². The van der Waals surface area contributed by atoms with Gasteiger partial charge in [-0.25, -0.2) is 8.42 Å². The van der Waals surface area contributed by atoms with Gasteiger partial charge in [-0.3, -0.25) is 9.00 Å².